The van der Waals surface area contributed by atoms with Crippen molar-refractivity contribution >= 4 is 28.8 Å². The summed E-state index contributed by atoms with van der Waals surface area (Å²) >= 11 is 2.20. The summed E-state index contributed by atoms with van der Waals surface area (Å²) in [5.41, 5.74) is 0. The monoisotopic (exact) mass is 351 g/mol. The second-order valence-electron chi connectivity index (χ2n) is 4.64. The first kappa shape index (κ1) is 14.9. The number of carbonyl (C=O) groups is 1. The third-order valence-electron chi connectivity index (χ3n) is 2.97. The Bertz CT molecular complexity index is 271. The minimum atomic E-state index is 0.145. The Hall–Kier alpha value is -0.140. The molecule has 0 radical (unpaired) electrons. The van der Waals surface area contributed by atoms with Crippen LogP contribution < -0.4 is 0 Å². The first-order valence-electron chi connectivity index (χ1n) is 6.07. The van der Waals surface area contributed by atoms with Gasteiger partial charge in [-0.15, -0.1) is 0 Å². The van der Waals surface area contributed by atoms with Crippen LogP contribution in [0.2, 0.25) is 0 Å². The molecule has 0 saturated carbocycles. The third kappa shape index (κ3) is 5.35. The molecule has 0 bridgehead atoms. The van der Waals surface area contributed by atoms with Gasteiger partial charge in [0, 0.05) is 67.7 Å². The second-order valence-corrected chi connectivity index (χ2v) is 6.29. The molecule has 0 N–H and O–H groups in total. The van der Waals surface area contributed by atoms with Gasteiger partial charge >= 0.3 is 0 Å². The third-order valence-corrected chi connectivity index (χ3v) is 3.37. The Morgan fingerprint density at radius 1 is 1.35 bits per heavy atom. The van der Waals surface area contributed by atoms with E-state index in [0.29, 0.717) is 6.04 Å². The summed E-state index contributed by atoms with van der Waals surface area (Å²) in [6, 6.07) is 0.579. The number of hydrogen-bond donors (Lipinski definition) is 0. The van der Waals surface area contributed by atoms with Gasteiger partial charge in [-0.3, -0.25) is 9.69 Å². The summed E-state index contributed by atoms with van der Waals surface area (Å²) in [7, 11) is 1.98. The van der Waals surface area contributed by atoms with Crippen LogP contribution in [0.3, 0.4) is 0 Å². The molecule has 0 aromatic carbocycles. The van der Waals surface area contributed by atoms with Crippen LogP contribution in [-0.2, 0) is 4.79 Å². The van der Waals surface area contributed by atoms with Crippen molar-refractivity contribution in [3.63, 3.8) is 0 Å². The first-order chi connectivity index (χ1) is 8.00. The largest absolute Gasteiger partial charge is 0.337 e. The van der Waals surface area contributed by atoms with Crippen LogP contribution in [0.1, 0.15) is 13.8 Å². The molecular formula is C12H22IN3O. The Balaban J connectivity index is 2.33. The standard InChI is InChI=1S/C12H22IN3O/c1-11(2)15-7-9-16(10-8-15)12(17)5-4-6-14(3)13/h4-5,11H,6-10H2,1-3H3/b5-4+. The SMILES string of the molecule is CC(C)N1CCN(C(=O)/C=C/CN(C)I)CC1. The molecule has 0 aliphatic carbocycles. The van der Waals surface area contributed by atoms with E-state index in [9.17, 15) is 4.79 Å². The van der Waals surface area contributed by atoms with Gasteiger partial charge in [0.2, 0.25) is 5.91 Å². The molecule has 1 fully saturated rings. The molecule has 1 amide bonds. The van der Waals surface area contributed by atoms with Crippen molar-refractivity contribution in [3.8, 4) is 0 Å². The lowest BCUT2D eigenvalue weighted by Gasteiger charge is -2.36. The van der Waals surface area contributed by atoms with Crippen molar-refractivity contribution in [2.75, 3.05) is 39.8 Å². The Morgan fingerprint density at radius 3 is 2.41 bits per heavy atom. The lowest BCUT2D eigenvalue weighted by Crippen LogP contribution is -2.50. The van der Waals surface area contributed by atoms with Crippen LogP contribution in [0.25, 0.3) is 0 Å². The number of carbonyl (C=O) groups excluding carboxylic acids is 1. The van der Waals surface area contributed by atoms with Crippen molar-refractivity contribution < 1.29 is 4.79 Å². The molecule has 1 heterocycles. The molecule has 5 heteroatoms. The van der Waals surface area contributed by atoms with Gasteiger partial charge in [-0.05, 0) is 20.9 Å². The second kappa shape index (κ2) is 7.33. The van der Waals surface area contributed by atoms with Crippen molar-refractivity contribution in [2.24, 2.45) is 0 Å². The fourth-order valence-corrected chi connectivity index (χ4v) is 2.09. The summed E-state index contributed by atoms with van der Waals surface area (Å²) in [4.78, 5) is 16.2. The van der Waals surface area contributed by atoms with E-state index in [-0.39, 0.29) is 5.91 Å². The van der Waals surface area contributed by atoms with Crippen LogP contribution in [0.15, 0.2) is 12.2 Å². The van der Waals surface area contributed by atoms with Crippen LogP contribution in [-0.4, -0.2) is 64.6 Å². The zero-order chi connectivity index (χ0) is 12.8. The van der Waals surface area contributed by atoms with E-state index in [1.165, 1.54) is 0 Å². The van der Waals surface area contributed by atoms with Gasteiger partial charge in [-0.25, -0.2) is 3.11 Å². The maximum atomic E-state index is 11.9. The number of nitrogens with zero attached hydrogens (tertiary/aromatic N) is 3. The van der Waals surface area contributed by atoms with E-state index in [0.717, 1.165) is 32.7 Å². The summed E-state index contributed by atoms with van der Waals surface area (Å²) in [6.45, 7) is 8.88. The van der Waals surface area contributed by atoms with E-state index in [1.54, 1.807) is 6.08 Å². The molecular weight excluding hydrogens is 329 g/mol. The Labute approximate surface area is 118 Å². The highest BCUT2D eigenvalue weighted by Gasteiger charge is 2.20. The van der Waals surface area contributed by atoms with Crippen molar-refractivity contribution in [2.45, 2.75) is 19.9 Å². The van der Waals surface area contributed by atoms with E-state index in [4.69, 9.17) is 0 Å². The van der Waals surface area contributed by atoms with E-state index < -0.39 is 0 Å². The lowest BCUT2D eigenvalue weighted by molar-refractivity contribution is -0.128. The summed E-state index contributed by atoms with van der Waals surface area (Å²) in [5.74, 6) is 0.145. The van der Waals surface area contributed by atoms with Crippen molar-refractivity contribution in [1.82, 2.24) is 12.9 Å². The predicted octanol–water partition coefficient (Wildman–Crippen LogP) is 1.38. The molecule has 0 aromatic rings. The summed E-state index contributed by atoms with van der Waals surface area (Å²) < 4.78 is 2.01. The van der Waals surface area contributed by atoms with Gasteiger partial charge in [-0.2, -0.15) is 0 Å². The summed E-state index contributed by atoms with van der Waals surface area (Å²) in [6.07, 6.45) is 3.61. The van der Waals surface area contributed by atoms with Gasteiger partial charge in [0.1, 0.15) is 0 Å². The van der Waals surface area contributed by atoms with E-state index in [2.05, 4.69) is 41.6 Å². The average molecular weight is 351 g/mol. The number of likely N-dealkylation sites (N-methyl/N-ethyl adjacent to an activating group) is 1. The van der Waals surface area contributed by atoms with Crippen LogP contribution in [0, 0.1) is 0 Å². The highest BCUT2D eigenvalue weighted by Crippen LogP contribution is 2.06. The van der Waals surface area contributed by atoms with Gasteiger partial charge in [0.15, 0.2) is 0 Å². The van der Waals surface area contributed by atoms with Crippen LogP contribution >= 0.6 is 22.9 Å². The van der Waals surface area contributed by atoms with Gasteiger partial charge in [0.05, 0.1) is 0 Å². The zero-order valence-corrected chi connectivity index (χ0v) is 13.1. The topological polar surface area (TPSA) is 26.8 Å². The summed E-state index contributed by atoms with van der Waals surface area (Å²) in [5, 5.41) is 0. The number of rotatable bonds is 4. The molecule has 4 nitrogen and oxygen atoms in total. The molecule has 0 spiro atoms. The zero-order valence-electron chi connectivity index (χ0n) is 10.9. The van der Waals surface area contributed by atoms with Crippen molar-refractivity contribution in [1.29, 1.82) is 0 Å². The predicted molar refractivity (Wildman–Crippen MR) is 79.1 cm³/mol. The Morgan fingerprint density at radius 2 is 1.94 bits per heavy atom. The number of halogens is 1. The molecule has 1 saturated heterocycles. The van der Waals surface area contributed by atoms with Gasteiger partial charge in [0.25, 0.3) is 0 Å². The molecule has 1 rings (SSSR count). The van der Waals surface area contributed by atoms with Gasteiger partial charge in [-0.1, -0.05) is 6.08 Å². The molecule has 1 aliphatic rings. The smallest absolute Gasteiger partial charge is 0.246 e. The van der Waals surface area contributed by atoms with E-state index in [1.807, 2.05) is 21.1 Å². The lowest BCUT2D eigenvalue weighted by atomic mass is 10.2. The fraction of sp³-hybridized carbons (Fsp3) is 0.750. The molecule has 1 aliphatic heterocycles. The highest BCUT2D eigenvalue weighted by molar-refractivity contribution is 14.1. The van der Waals surface area contributed by atoms with Gasteiger partial charge < -0.3 is 4.90 Å². The minimum Gasteiger partial charge on any atom is -0.337 e. The Kier molecular flexibility index (Phi) is 6.43. The molecule has 0 atom stereocenters. The normalized spacial score (nSPS) is 18.6. The van der Waals surface area contributed by atoms with Crippen molar-refractivity contribution in [3.05, 3.63) is 12.2 Å². The number of amides is 1. The van der Waals surface area contributed by atoms with Crippen LogP contribution in [0.4, 0.5) is 0 Å². The maximum absolute atomic E-state index is 11.9. The highest BCUT2D eigenvalue weighted by atomic mass is 127. The molecule has 0 unspecified atom stereocenters. The minimum absolute atomic E-state index is 0.145. The molecule has 98 valence electrons. The molecule has 17 heavy (non-hydrogen) atoms. The fourth-order valence-electron chi connectivity index (χ4n) is 1.86. The average Bonchev–Trinajstić information content (AvgIpc) is 2.28. The van der Waals surface area contributed by atoms with Crippen LogP contribution in [0.5, 0.6) is 0 Å². The quantitative estimate of drug-likeness (QED) is 0.435. The maximum Gasteiger partial charge on any atom is 0.246 e. The molecule has 0 aromatic heterocycles. The number of hydrogen-bond acceptors (Lipinski definition) is 3. The van der Waals surface area contributed by atoms with E-state index >= 15 is 0 Å². The first-order valence-corrected chi connectivity index (χ1v) is 7.03. The number of piperazine rings is 1.